The van der Waals surface area contributed by atoms with Gasteiger partial charge in [-0.15, -0.1) is 0 Å². The van der Waals surface area contributed by atoms with Gasteiger partial charge in [-0.05, 0) is 6.42 Å². The second kappa shape index (κ2) is 5.73. The van der Waals surface area contributed by atoms with Gasteiger partial charge in [0.1, 0.15) is 5.82 Å². The summed E-state index contributed by atoms with van der Waals surface area (Å²) in [5.74, 6) is 1.88. The fourth-order valence-corrected chi connectivity index (χ4v) is 3.57. The summed E-state index contributed by atoms with van der Waals surface area (Å²) in [6, 6.07) is 0. The van der Waals surface area contributed by atoms with E-state index in [2.05, 4.69) is 40.6 Å². The van der Waals surface area contributed by atoms with Crippen LogP contribution in [0.2, 0.25) is 0 Å². The largest absolute Gasteiger partial charge is 0.368 e. The highest BCUT2D eigenvalue weighted by Gasteiger charge is 2.24. The molecule has 0 bridgehead atoms. The van der Waals surface area contributed by atoms with Gasteiger partial charge in [-0.1, -0.05) is 20.8 Å². The number of hydrogen-bond donors (Lipinski definition) is 1. The van der Waals surface area contributed by atoms with Crippen LogP contribution < -0.4 is 10.6 Å². The molecule has 0 amide bonds. The maximum Gasteiger partial charge on any atom is 0.230 e. The second-order valence-electron chi connectivity index (χ2n) is 4.82. The Kier molecular flexibility index (Phi) is 4.27. The Balaban J connectivity index is 2.21. The maximum atomic E-state index is 5.77. The van der Waals surface area contributed by atoms with Crippen molar-refractivity contribution in [3.05, 3.63) is 5.82 Å². The molecule has 0 aromatic carbocycles. The Labute approximate surface area is 113 Å². The van der Waals surface area contributed by atoms with Gasteiger partial charge in [-0.25, -0.2) is 0 Å². The van der Waals surface area contributed by atoms with Crippen LogP contribution in [-0.2, 0) is 6.42 Å². The molecule has 1 aromatic rings. The first-order valence-corrected chi connectivity index (χ1v) is 7.43. The van der Waals surface area contributed by atoms with Crippen LogP contribution in [0.3, 0.4) is 0 Å². The lowest BCUT2D eigenvalue weighted by atomic mass is 10.3. The van der Waals surface area contributed by atoms with Crippen LogP contribution in [0.1, 0.15) is 33.0 Å². The number of nitrogen functional groups attached to an aromatic ring is 1. The molecule has 1 fully saturated rings. The van der Waals surface area contributed by atoms with Crippen LogP contribution in [0.25, 0.3) is 0 Å². The summed E-state index contributed by atoms with van der Waals surface area (Å²) in [5, 5.41) is 1.20. The van der Waals surface area contributed by atoms with Crippen molar-refractivity contribution in [3.8, 4) is 0 Å². The Hall–Kier alpha value is -1.04. The number of hydrogen-bond acceptors (Lipinski definition) is 6. The van der Waals surface area contributed by atoms with Crippen molar-refractivity contribution in [1.82, 2.24) is 15.0 Å². The average Bonchev–Trinajstić information content (AvgIpc) is 2.27. The van der Waals surface area contributed by atoms with Gasteiger partial charge in [0.2, 0.25) is 11.9 Å². The van der Waals surface area contributed by atoms with Gasteiger partial charge in [0.05, 0.1) is 0 Å². The molecule has 2 atom stereocenters. The van der Waals surface area contributed by atoms with Gasteiger partial charge in [-0.3, -0.25) is 0 Å². The third-order valence-corrected chi connectivity index (χ3v) is 4.09. The lowest BCUT2D eigenvalue weighted by Gasteiger charge is -2.34. The molecule has 0 saturated carbocycles. The number of nitrogens with zero attached hydrogens (tertiary/aromatic N) is 4. The number of thioether (sulfide) groups is 1. The molecule has 2 unspecified atom stereocenters. The molecular formula is C12H21N5S. The van der Waals surface area contributed by atoms with E-state index in [1.54, 1.807) is 0 Å². The van der Waals surface area contributed by atoms with Crippen molar-refractivity contribution in [2.45, 2.75) is 44.1 Å². The maximum absolute atomic E-state index is 5.77. The topological polar surface area (TPSA) is 67.9 Å². The van der Waals surface area contributed by atoms with Crippen molar-refractivity contribution in [2.75, 3.05) is 23.7 Å². The molecular weight excluding hydrogens is 246 g/mol. The van der Waals surface area contributed by atoms with E-state index < -0.39 is 0 Å². The van der Waals surface area contributed by atoms with Crippen LogP contribution in [0, 0.1) is 0 Å². The molecule has 1 saturated heterocycles. The molecule has 0 aliphatic carbocycles. The van der Waals surface area contributed by atoms with E-state index in [1.807, 2.05) is 11.8 Å². The summed E-state index contributed by atoms with van der Waals surface area (Å²) < 4.78 is 0. The second-order valence-corrected chi connectivity index (χ2v) is 6.70. The third-order valence-electron chi connectivity index (χ3n) is 2.86. The summed E-state index contributed by atoms with van der Waals surface area (Å²) in [6.07, 6.45) is 1.87. The fraction of sp³-hybridized carbons (Fsp3) is 0.750. The number of nitrogens with two attached hydrogens (primary N) is 1. The minimum absolute atomic E-state index is 0.335. The van der Waals surface area contributed by atoms with E-state index >= 15 is 0 Å². The number of anilines is 2. The smallest absolute Gasteiger partial charge is 0.230 e. The van der Waals surface area contributed by atoms with Gasteiger partial charge in [0.15, 0.2) is 0 Å². The predicted molar refractivity (Wildman–Crippen MR) is 77.0 cm³/mol. The van der Waals surface area contributed by atoms with E-state index in [9.17, 15) is 0 Å². The van der Waals surface area contributed by atoms with Crippen LogP contribution >= 0.6 is 11.8 Å². The molecule has 1 aromatic heterocycles. The van der Waals surface area contributed by atoms with Gasteiger partial charge in [0, 0.05) is 30.0 Å². The molecule has 0 radical (unpaired) electrons. The SMILES string of the molecule is CCCc1nc(N)nc(N2CC(C)SC(C)C2)n1. The van der Waals surface area contributed by atoms with Gasteiger partial charge >= 0.3 is 0 Å². The molecule has 1 aliphatic rings. The van der Waals surface area contributed by atoms with Crippen molar-refractivity contribution in [1.29, 1.82) is 0 Å². The molecule has 2 heterocycles. The Morgan fingerprint density at radius 2 is 1.89 bits per heavy atom. The summed E-state index contributed by atoms with van der Waals surface area (Å²) in [7, 11) is 0. The molecule has 100 valence electrons. The standard InChI is InChI=1S/C12H21N5S/c1-4-5-10-14-11(13)16-12(15-10)17-6-8(2)18-9(3)7-17/h8-9H,4-7H2,1-3H3,(H2,13,14,15,16). The average molecular weight is 267 g/mol. The predicted octanol–water partition coefficient (Wildman–Crippen LogP) is 1.74. The Morgan fingerprint density at radius 1 is 1.22 bits per heavy atom. The number of rotatable bonds is 3. The van der Waals surface area contributed by atoms with Crippen LogP contribution in [0.5, 0.6) is 0 Å². The number of aryl methyl sites for hydroxylation is 1. The highest BCUT2D eigenvalue weighted by Crippen LogP contribution is 2.27. The number of aromatic nitrogens is 3. The minimum atomic E-state index is 0.335. The monoisotopic (exact) mass is 267 g/mol. The van der Waals surface area contributed by atoms with E-state index in [4.69, 9.17) is 5.73 Å². The van der Waals surface area contributed by atoms with Crippen molar-refractivity contribution >= 4 is 23.7 Å². The minimum Gasteiger partial charge on any atom is -0.368 e. The molecule has 2 N–H and O–H groups in total. The lowest BCUT2D eigenvalue weighted by molar-refractivity contribution is 0.695. The lowest BCUT2D eigenvalue weighted by Crippen LogP contribution is -2.41. The fourth-order valence-electron chi connectivity index (χ4n) is 2.24. The van der Waals surface area contributed by atoms with E-state index in [0.717, 1.165) is 37.7 Å². The van der Waals surface area contributed by atoms with Crippen molar-refractivity contribution < 1.29 is 0 Å². The van der Waals surface area contributed by atoms with Crippen molar-refractivity contribution in [3.63, 3.8) is 0 Å². The Bertz CT molecular complexity index is 401. The zero-order chi connectivity index (χ0) is 13.1. The van der Waals surface area contributed by atoms with Crippen LogP contribution in [0.4, 0.5) is 11.9 Å². The summed E-state index contributed by atoms with van der Waals surface area (Å²) in [4.78, 5) is 15.2. The van der Waals surface area contributed by atoms with Gasteiger partial charge in [-0.2, -0.15) is 26.7 Å². The van der Waals surface area contributed by atoms with E-state index in [-0.39, 0.29) is 0 Å². The van der Waals surface area contributed by atoms with Crippen LogP contribution in [0.15, 0.2) is 0 Å². The summed E-state index contributed by atoms with van der Waals surface area (Å²) >= 11 is 2.01. The summed E-state index contributed by atoms with van der Waals surface area (Å²) in [5.41, 5.74) is 5.77. The Morgan fingerprint density at radius 3 is 2.50 bits per heavy atom. The summed E-state index contributed by atoms with van der Waals surface area (Å²) in [6.45, 7) is 8.55. The van der Waals surface area contributed by atoms with E-state index in [1.165, 1.54) is 0 Å². The first-order chi connectivity index (χ1) is 8.58. The third kappa shape index (κ3) is 3.25. The molecule has 2 rings (SSSR count). The highest BCUT2D eigenvalue weighted by molar-refractivity contribution is 8.00. The van der Waals surface area contributed by atoms with E-state index in [0.29, 0.717) is 16.4 Å². The van der Waals surface area contributed by atoms with Gasteiger partial charge < -0.3 is 10.6 Å². The zero-order valence-electron chi connectivity index (χ0n) is 11.3. The molecule has 18 heavy (non-hydrogen) atoms. The highest BCUT2D eigenvalue weighted by atomic mass is 32.2. The molecule has 0 spiro atoms. The first kappa shape index (κ1) is 13.4. The normalized spacial score (nSPS) is 24.3. The van der Waals surface area contributed by atoms with Gasteiger partial charge in [0.25, 0.3) is 0 Å². The zero-order valence-corrected chi connectivity index (χ0v) is 12.1. The molecule has 5 nitrogen and oxygen atoms in total. The quantitative estimate of drug-likeness (QED) is 0.899. The molecule has 6 heteroatoms. The molecule has 1 aliphatic heterocycles. The van der Waals surface area contributed by atoms with Crippen molar-refractivity contribution in [2.24, 2.45) is 0 Å². The van der Waals surface area contributed by atoms with Crippen LogP contribution in [-0.4, -0.2) is 38.5 Å². The first-order valence-electron chi connectivity index (χ1n) is 6.49.